The molecular formula is C13H16N4OS. The van der Waals surface area contributed by atoms with Gasteiger partial charge in [0.2, 0.25) is 0 Å². The van der Waals surface area contributed by atoms with Crippen LogP contribution in [0.4, 0.5) is 16.6 Å². The van der Waals surface area contributed by atoms with Crippen LogP contribution < -0.4 is 16.4 Å². The van der Waals surface area contributed by atoms with Crippen molar-refractivity contribution < 1.29 is 4.79 Å². The molecule has 0 unspecified atom stereocenters. The predicted molar refractivity (Wildman–Crippen MR) is 79.8 cm³/mol. The van der Waals surface area contributed by atoms with Gasteiger partial charge in [-0.25, -0.2) is 4.98 Å². The first-order valence-electron chi connectivity index (χ1n) is 5.99. The van der Waals surface area contributed by atoms with Gasteiger partial charge in [0.05, 0.1) is 0 Å². The van der Waals surface area contributed by atoms with Crippen LogP contribution >= 0.6 is 11.3 Å². The maximum atomic E-state index is 12.2. The average molecular weight is 276 g/mol. The summed E-state index contributed by atoms with van der Waals surface area (Å²) >= 11 is 1.24. The lowest BCUT2D eigenvalue weighted by Gasteiger charge is -2.08. The van der Waals surface area contributed by atoms with Crippen molar-refractivity contribution >= 4 is 33.9 Å². The van der Waals surface area contributed by atoms with Gasteiger partial charge in [0.25, 0.3) is 5.91 Å². The first-order chi connectivity index (χ1) is 9.15. The van der Waals surface area contributed by atoms with Crippen LogP contribution in [0.25, 0.3) is 0 Å². The zero-order chi connectivity index (χ0) is 13.8. The van der Waals surface area contributed by atoms with Gasteiger partial charge in [-0.05, 0) is 18.1 Å². The van der Waals surface area contributed by atoms with Crippen molar-refractivity contribution in [3.63, 3.8) is 0 Å². The summed E-state index contributed by atoms with van der Waals surface area (Å²) in [7, 11) is 1.74. The Hall–Kier alpha value is -2.08. The number of carbonyl (C=O) groups excluding carboxylic acids is 1. The fourth-order valence-electron chi connectivity index (χ4n) is 1.73. The molecule has 0 saturated carbocycles. The second kappa shape index (κ2) is 5.71. The Morgan fingerprint density at radius 1 is 1.42 bits per heavy atom. The van der Waals surface area contributed by atoms with Gasteiger partial charge in [-0.15, -0.1) is 0 Å². The standard InChI is InChI=1S/C13H16N4OS/c1-3-8-6-4-5-7-9(8)16-12(18)10-11(14)17-13(15-2)19-10/h4-7H,3,14H2,1-2H3,(H,15,17)(H,16,18). The number of hydrogen-bond donors (Lipinski definition) is 3. The van der Waals surface area contributed by atoms with Crippen LogP contribution in [0.15, 0.2) is 24.3 Å². The van der Waals surface area contributed by atoms with Gasteiger partial charge >= 0.3 is 0 Å². The molecular weight excluding hydrogens is 260 g/mol. The van der Waals surface area contributed by atoms with Crippen molar-refractivity contribution in [3.05, 3.63) is 34.7 Å². The molecule has 1 amide bonds. The molecule has 6 heteroatoms. The summed E-state index contributed by atoms with van der Waals surface area (Å²) in [6.07, 6.45) is 0.858. The second-order valence-electron chi connectivity index (χ2n) is 3.95. The summed E-state index contributed by atoms with van der Waals surface area (Å²) in [6.45, 7) is 2.05. The molecule has 1 heterocycles. The van der Waals surface area contributed by atoms with Crippen molar-refractivity contribution in [2.24, 2.45) is 0 Å². The fourth-order valence-corrected chi connectivity index (χ4v) is 2.46. The highest BCUT2D eigenvalue weighted by molar-refractivity contribution is 7.18. The highest BCUT2D eigenvalue weighted by Gasteiger charge is 2.16. The largest absolute Gasteiger partial charge is 0.382 e. The highest BCUT2D eigenvalue weighted by Crippen LogP contribution is 2.26. The van der Waals surface area contributed by atoms with Crippen molar-refractivity contribution in [3.8, 4) is 0 Å². The molecule has 0 radical (unpaired) electrons. The minimum atomic E-state index is -0.225. The SMILES string of the molecule is CCc1ccccc1NC(=O)c1sc(NC)nc1N. The van der Waals surface area contributed by atoms with Crippen LogP contribution in [0.1, 0.15) is 22.2 Å². The van der Waals surface area contributed by atoms with E-state index in [0.717, 1.165) is 17.7 Å². The van der Waals surface area contributed by atoms with Crippen molar-refractivity contribution in [1.29, 1.82) is 0 Å². The summed E-state index contributed by atoms with van der Waals surface area (Å²) < 4.78 is 0. The van der Waals surface area contributed by atoms with E-state index in [-0.39, 0.29) is 11.7 Å². The number of benzene rings is 1. The third-order valence-electron chi connectivity index (χ3n) is 2.72. The number of aryl methyl sites for hydroxylation is 1. The van der Waals surface area contributed by atoms with E-state index in [9.17, 15) is 4.79 Å². The number of rotatable bonds is 4. The Morgan fingerprint density at radius 2 is 2.16 bits per heavy atom. The van der Waals surface area contributed by atoms with Crippen LogP contribution in [0.2, 0.25) is 0 Å². The molecule has 1 aromatic heterocycles. The quantitative estimate of drug-likeness (QED) is 0.802. The Balaban J connectivity index is 2.23. The number of aromatic nitrogens is 1. The van der Waals surface area contributed by atoms with Crippen LogP contribution in [0, 0.1) is 0 Å². The lowest BCUT2D eigenvalue weighted by molar-refractivity contribution is 0.103. The van der Waals surface area contributed by atoms with Crippen LogP contribution in [-0.4, -0.2) is 17.9 Å². The fraction of sp³-hybridized carbons (Fsp3) is 0.231. The molecule has 0 saturated heterocycles. The first-order valence-corrected chi connectivity index (χ1v) is 6.80. The molecule has 0 atom stereocenters. The predicted octanol–water partition coefficient (Wildman–Crippen LogP) is 2.58. The molecule has 19 heavy (non-hydrogen) atoms. The van der Waals surface area contributed by atoms with E-state index in [4.69, 9.17) is 5.73 Å². The molecule has 0 aliphatic carbocycles. The van der Waals surface area contributed by atoms with Gasteiger partial charge in [-0.3, -0.25) is 4.79 Å². The molecule has 0 aliphatic heterocycles. The molecule has 1 aromatic carbocycles. The number of nitrogens with one attached hydrogen (secondary N) is 2. The van der Waals surface area contributed by atoms with Gasteiger partial charge in [0, 0.05) is 12.7 Å². The molecule has 0 fully saturated rings. The minimum absolute atomic E-state index is 0.225. The van der Waals surface area contributed by atoms with Crippen LogP contribution in [0.3, 0.4) is 0 Å². The summed E-state index contributed by atoms with van der Waals surface area (Å²) in [5.74, 6) is 0.0261. The van der Waals surface area contributed by atoms with E-state index in [1.807, 2.05) is 31.2 Å². The normalized spacial score (nSPS) is 10.2. The zero-order valence-electron chi connectivity index (χ0n) is 10.9. The topological polar surface area (TPSA) is 80.0 Å². The molecule has 0 bridgehead atoms. The second-order valence-corrected chi connectivity index (χ2v) is 4.95. The monoisotopic (exact) mass is 276 g/mol. The van der Waals surface area contributed by atoms with E-state index < -0.39 is 0 Å². The summed E-state index contributed by atoms with van der Waals surface area (Å²) in [6, 6.07) is 7.72. The third kappa shape index (κ3) is 2.85. The van der Waals surface area contributed by atoms with E-state index in [1.54, 1.807) is 7.05 Å². The summed E-state index contributed by atoms with van der Waals surface area (Å²) in [4.78, 5) is 16.7. The van der Waals surface area contributed by atoms with Gasteiger partial charge in [0.1, 0.15) is 10.7 Å². The van der Waals surface area contributed by atoms with Gasteiger partial charge in [-0.2, -0.15) is 0 Å². The van der Waals surface area contributed by atoms with Crippen LogP contribution in [0.5, 0.6) is 0 Å². The zero-order valence-corrected chi connectivity index (χ0v) is 11.7. The molecule has 0 spiro atoms. The number of thiazole rings is 1. The molecule has 0 aliphatic rings. The lowest BCUT2D eigenvalue weighted by Crippen LogP contribution is -2.13. The van der Waals surface area contributed by atoms with E-state index in [1.165, 1.54) is 11.3 Å². The molecule has 2 aromatic rings. The Labute approximate surface area is 115 Å². The maximum Gasteiger partial charge on any atom is 0.269 e. The summed E-state index contributed by atoms with van der Waals surface area (Å²) in [5, 5.41) is 6.39. The number of nitrogen functional groups attached to an aromatic ring is 1. The first kappa shape index (κ1) is 13.4. The molecule has 5 nitrogen and oxygen atoms in total. The van der Waals surface area contributed by atoms with Crippen molar-refractivity contribution in [1.82, 2.24) is 4.98 Å². The van der Waals surface area contributed by atoms with E-state index >= 15 is 0 Å². The van der Waals surface area contributed by atoms with E-state index in [0.29, 0.717) is 10.0 Å². The van der Waals surface area contributed by atoms with Crippen molar-refractivity contribution in [2.75, 3.05) is 23.4 Å². The maximum absolute atomic E-state index is 12.2. The Morgan fingerprint density at radius 3 is 2.79 bits per heavy atom. The molecule has 4 N–H and O–H groups in total. The number of carbonyl (C=O) groups is 1. The number of anilines is 3. The lowest BCUT2D eigenvalue weighted by atomic mass is 10.1. The number of para-hydroxylation sites is 1. The number of hydrogen-bond acceptors (Lipinski definition) is 5. The number of nitrogens with two attached hydrogens (primary N) is 1. The minimum Gasteiger partial charge on any atom is -0.382 e. The highest BCUT2D eigenvalue weighted by atomic mass is 32.1. The Bertz CT molecular complexity index is 594. The number of nitrogens with zero attached hydrogens (tertiary/aromatic N) is 1. The van der Waals surface area contributed by atoms with Gasteiger partial charge in [0.15, 0.2) is 5.13 Å². The smallest absolute Gasteiger partial charge is 0.269 e. The van der Waals surface area contributed by atoms with Crippen LogP contribution in [-0.2, 0) is 6.42 Å². The molecule has 2 rings (SSSR count). The summed E-state index contributed by atoms with van der Waals surface area (Å²) in [5.41, 5.74) is 7.64. The van der Waals surface area contributed by atoms with Gasteiger partial charge < -0.3 is 16.4 Å². The van der Waals surface area contributed by atoms with Crippen molar-refractivity contribution in [2.45, 2.75) is 13.3 Å². The average Bonchev–Trinajstić information content (AvgIpc) is 2.80. The Kier molecular flexibility index (Phi) is 4.01. The third-order valence-corrected chi connectivity index (χ3v) is 3.81. The molecule has 100 valence electrons. The van der Waals surface area contributed by atoms with Gasteiger partial charge in [-0.1, -0.05) is 36.5 Å². The number of amides is 1. The van der Waals surface area contributed by atoms with E-state index in [2.05, 4.69) is 15.6 Å².